The molecule has 9 heteroatoms. The molecule has 1 heterocycles. The number of benzene rings is 2. The maximum absolute atomic E-state index is 12.5. The normalized spacial score (nSPS) is 10.9. The molecule has 0 radical (unpaired) electrons. The van der Waals surface area contributed by atoms with Crippen molar-refractivity contribution < 1.29 is 18.3 Å². The smallest absolute Gasteiger partial charge is 0.387 e. The number of nitrogens with zero attached hydrogens (tertiary/aromatic N) is 4. The van der Waals surface area contributed by atoms with Crippen LogP contribution in [0.25, 0.3) is 5.69 Å². The molecule has 27 heavy (non-hydrogen) atoms. The second kappa shape index (κ2) is 8.43. The summed E-state index contributed by atoms with van der Waals surface area (Å²) in [6, 6.07) is 12.5. The fourth-order valence-corrected chi connectivity index (χ4v) is 2.55. The van der Waals surface area contributed by atoms with Gasteiger partial charge in [-0.15, -0.1) is 5.10 Å². The van der Waals surface area contributed by atoms with Crippen molar-refractivity contribution in [2.24, 2.45) is 0 Å². The van der Waals surface area contributed by atoms with E-state index in [1.165, 1.54) is 6.07 Å². The summed E-state index contributed by atoms with van der Waals surface area (Å²) in [6.45, 7) is 1.53. The molecule has 0 aliphatic rings. The lowest BCUT2D eigenvalue weighted by Gasteiger charge is -2.14. The first-order valence-electron chi connectivity index (χ1n) is 8.36. The monoisotopic (exact) mass is 375 g/mol. The van der Waals surface area contributed by atoms with Gasteiger partial charge in [0.15, 0.2) is 17.3 Å². The molecule has 0 aliphatic carbocycles. The highest BCUT2D eigenvalue weighted by Gasteiger charge is 2.12. The topological polar surface area (TPSA) is 74.1 Å². The Hall–Kier alpha value is -3.23. The van der Waals surface area contributed by atoms with Crippen LogP contribution in [0.15, 0.2) is 42.5 Å². The largest absolute Gasteiger partial charge is 0.490 e. The number of hydrogen-bond donors (Lipinski definition) is 1. The van der Waals surface area contributed by atoms with Crippen molar-refractivity contribution in [3.63, 3.8) is 0 Å². The van der Waals surface area contributed by atoms with Crippen molar-refractivity contribution in [3.8, 4) is 17.2 Å². The van der Waals surface area contributed by atoms with Crippen molar-refractivity contribution in [2.75, 3.05) is 11.9 Å². The fraction of sp³-hybridized carbons (Fsp3) is 0.278. The van der Waals surface area contributed by atoms with E-state index in [0.29, 0.717) is 19.0 Å². The zero-order chi connectivity index (χ0) is 19.2. The number of tetrazole rings is 1. The number of aryl methyl sites for hydroxylation is 1. The average Bonchev–Trinajstić information content (AvgIpc) is 3.08. The molecule has 0 atom stereocenters. The maximum Gasteiger partial charge on any atom is 0.387 e. The van der Waals surface area contributed by atoms with E-state index < -0.39 is 6.61 Å². The van der Waals surface area contributed by atoms with E-state index in [0.717, 1.165) is 16.9 Å². The Balaban J connectivity index is 1.73. The molecular weight excluding hydrogens is 356 g/mol. The molecule has 0 saturated carbocycles. The molecule has 3 rings (SSSR count). The van der Waals surface area contributed by atoms with Crippen LogP contribution in [-0.4, -0.2) is 33.4 Å². The van der Waals surface area contributed by atoms with Crippen LogP contribution in [-0.2, 0) is 6.54 Å². The standard InChI is InChI=1S/C18H19F2N5O2/c1-3-26-17-9-13(7-8-16(17)27-18(19)20)11-21-14-5-4-6-15(10-14)25-12(2)22-23-24-25/h4-10,18,21H,3,11H2,1-2H3. The van der Waals surface area contributed by atoms with Crippen molar-refractivity contribution in [2.45, 2.75) is 27.0 Å². The van der Waals surface area contributed by atoms with Crippen molar-refractivity contribution >= 4 is 5.69 Å². The van der Waals surface area contributed by atoms with E-state index in [9.17, 15) is 8.78 Å². The molecule has 0 bridgehead atoms. The molecule has 0 unspecified atom stereocenters. The lowest BCUT2D eigenvalue weighted by Crippen LogP contribution is -2.06. The van der Waals surface area contributed by atoms with Crippen molar-refractivity contribution in [1.29, 1.82) is 0 Å². The summed E-state index contributed by atoms with van der Waals surface area (Å²) in [6.07, 6.45) is 0. The molecule has 1 aromatic heterocycles. The lowest BCUT2D eigenvalue weighted by molar-refractivity contribution is -0.0514. The van der Waals surface area contributed by atoms with Gasteiger partial charge in [-0.1, -0.05) is 12.1 Å². The summed E-state index contributed by atoms with van der Waals surface area (Å²) in [4.78, 5) is 0. The highest BCUT2D eigenvalue weighted by atomic mass is 19.3. The van der Waals surface area contributed by atoms with Gasteiger partial charge in [-0.3, -0.25) is 0 Å². The number of alkyl halides is 2. The highest BCUT2D eigenvalue weighted by Crippen LogP contribution is 2.30. The van der Waals surface area contributed by atoms with E-state index in [-0.39, 0.29) is 11.5 Å². The Labute approximate surface area is 154 Å². The van der Waals surface area contributed by atoms with Gasteiger partial charge in [-0.2, -0.15) is 13.5 Å². The second-order valence-electron chi connectivity index (χ2n) is 5.63. The Kier molecular flexibility index (Phi) is 5.80. The van der Waals surface area contributed by atoms with Crippen LogP contribution in [0.1, 0.15) is 18.3 Å². The van der Waals surface area contributed by atoms with Gasteiger partial charge in [0.25, 0.3) is 0 Å². The molecule has 3 aromatic rings. The summed E-state index contributed by atoms with van der Waals surface area (Å²) < 4.78 is 36.5. The van der Waals surface area contributed by atoms with Gasteiger partial charge in [0, 0.05) is 12.2 Å². The van der Waals surface area contributed by atoms with E-state index >= 15 is 0 Å². The number of nitrogens with one attached hydrogen (secondary N) is 1. The SMILES string of the molecule is CCOc1cc(CNc2cccc(-n3nnnc3C)c2)ccc1OC(F)F. The maximum atomic E-state index is 12.5. The summed E-state index contributed by atoms with van der Waals surface area (Å²) >= 11 is 0. The minimum Gasteiger partial charge on any atom is -0.490 e. The minimum atomic E-state index is -2.90. The fourth-order valence-electron chi connectivity index (χ4n) is 2.55. The highest BCUT2D eigenvalue weighted by molar-refractivity contribution is 5.52. The van der Waals surface area contributed by atoms with Crippen LogP contribution in [0.2, 0.25) is 0 Å². The van der Waals surface area contributed by atoms with Crippen LogP contribution < -0.4 is 14.8 Å². The van der Waals surface area contributed by atoms with Gasteiger partial charge in [0.05, 0.1) is 12.3 Å². The quantitative estimate of drug-likeness (QED) is 0.649. The van der Waals surface area contributed by atoms with Crippen molar-refractivity contribution in [1.82, 2.24) is 20.2 Å². The van der Waals surface area contributed by atoms with E-state index in [1.807, 2.05) is 31.2 Å². The van der Waals surface area contributed by atoms with Gasteiger partial charge >= 0.3 is 6.61 Å². The summed E-state index contributed by atoms with van der Waals surface area (Å²) in [5, 5.41) is 14.7. The van der Waals surface area contributed by atoms with Crippen LogP contribution in [0.4, 0.5) is 14.5 Å². The van der Waals surface area contributed by atoms with E-state index in [4.69, 9.17) is 4.74 Å². The first kappa shape index (κ1) is 18.6. The summed E-state index contributed by atoms with van der Waals surface area (Å²) in [5.41, 5.74) is 2.57. The third-order valence-electron chi connectivity index (χ3n) is 3.74. The van der Waals surface area contributed by atoms with Crippen LogP contribution in [0, 0.1) is 6.92 Å². The van der Waals surface area contributed by atoms with E-state index in [1.54, 1.807) is 23.7 Å². The lowest BCUT2D eigenvalue weighted by atomic mass is 10.2. The number of anilines is 1. The molecule has 7 nitrogen and oxygen atoms in total. The molecule has 0 aliphatic heterocycles. The second-order valence-corrected chi connectivity index (χ2v) is 5.63. The predicted molar refractivity (Wildman–Crippen MR) is 95.5 cm³/mol. The van der Waals surface area contributed by atoms with Crippen LogP contribution in [0.5, 0.6) is 11.5 Å². The zero-order valence-corrected chi connectivity index (χ0v) is 14.9. The first-order chi connectivity index (χ1) is 13.1. The van der Waals surface area contributed by atoms with Crippen LogP contribution >= 0.6 is 0 Å². The minimum absolute atomic E-state index is 0.0201. The Morgan fingerprint density at radius 2 is 2.00 bits per heavy atom. The third kappa shape index (κ3) is 4.69. The predicted octanol–water partition coefficient (Wildman–Crippen LogP) is 3.58. The number of hydrogen-bond acceptors (Lipinski definition) is 6. The van der Waals surface area contributed by atoms with Gasteiger partial charge in [0.1, 0.15) is 0 Å². The Bertz CT molecular complexity index is 901. The molecule has 0 saturated heterocycles. The molecule has 0 amide bonds. The average molecular weight is 375 g/mol. The molecule has 142 valence electrons. The first-order valence-corrected chi connectivity index (χ1v) is 8.36. The number of rotatable bonds is 8. The van der Waals surface area contributed by atoms with E-state index in [2.05, 4.69) is 25.6 Å². The summed E-state index contributed by atoms with van der Waals surface area (Å²) in [7, 11) is 0. The molecular formula is C18H19F2N5O2. The zero-order valence-electron chi connectivity index (χ0n) is 14.9. The summed E-state index contributed by atoms with van der Waals surface area (Å²) in [5.74, 6) is 0.991. The van der Waals surface area contributed by atoms with Gasteiger partial charge < -0.3 is 14.8 Å². The Morgan fingerprint density at radius 1 is 1.15 bits per heavy atom. The Morgan fingerprint density at radius 3 is 2.70 bits per heavy atom. The van der Waals surface area contributed by atoms with Crippen molar-refractivity contribution in [3.05, 3.63) is 53.9 Å². The number of ether oxygens (including phenoxy) is 2. The number of aromatic nitrogens is 4. The number of halogens is 2. The van der Waals surface area contributed by atoms with Gasteiger partial charge in [-0.05, 0) is 60.2 Å². The third-order valence-corrected chi connectivity index (χ3v) is 3.74. The van der Waals surface area contributed by atoms with Gasteiger partial charge in [0.2, 0.25) is 0 Å². The van der Waals surface area contributed by atoms with Gasteiger partial charge in [-0.25, -0.2) is 0 Å². The molecule has 0 spiro atoms. The molecule has 2 aromatic carbocycles. The van der Waals surface area contributed by atoms with Crippen LogP contribution in [0.3, 0.4) is 0 Å². The molecule has 1 N–H and O–H groups in total. The molecule has 0 fully saturated rings.